The maximum atomic E-state index is 11.5. The van der Waals surface area contributed by atoms with Gasteiger partial charge in [-0.1, -0.05) is 13.8 Å². The minimum Gasteiger partial charge on any atom is -0.365 e. The zero-order valence-corrected chi connectivity index (χ0v) is 9.59. The van der Waals surface area contributed by atoms with Crippen molar-refractivity contribution in [3.8, 4) is 0 Å². The van der Waals surface area contributed by atoms with E-state index in [2.05, 4.69) is 18.8 Å². The van der Waals surface area contributed by atoms with Crippen LogP contribution in [0.2, 0.25) is 0 Å². The average Bonchev–Trinajstić information content (AvgIpc) is 2.16. The van der Waals surface area contributed by atoms with Crippen molar-refractivity contribution in [2.24, 2.45) is 11.1 Å². The third-order valence-corrected chi connectivity index (χ3v) is 3.20. The number of aryl methyl sites for hydroxylation is 1. The van der Waals surface area contributed by atoms with E-state index in [-0.39, 0.29) is 16.5 Å². The molecule has 1 aliphatic rings. The van der Waals surface area contributed by atoms with Crippen LogP contribution in [0.5, 0.6) is 0 Å². The molecule has 0 aromatic carbocycles. The zero-order valence-electron chi connectivity index (χ0n) is 9.59. The molecule has 0 aliphatic heterocycles. The van der Waals surface area contributed by atoms with Crippen LogP contribution in [0.15, 0.2) is 10.9 Å². The molecule has 1 aliphatic carbocycles. The molecule has 0 bridgehead atoms. The monoisotopic (exact) mass is 220 g/mol. The predicted molar refractivity (Wildman–Crippen MR) is 61.4 cm³/mol. The van der Waals surface area contributed by atoms with Gasteiger partial charge in [-0.15, -0.1) is 0 Å². The Hall–Kier alpha value is -1.58. The van der Waals surface area contributed by atoms with Gasteiger partial charge < -0.3 is 10.7 Å². The minimum atomic E-state index is -0.660. The minimum absolute atomic E-state index is 0.0662. The average molecular weight is 220 g/mol. The van der Waals surface area contributed by atoms with Gasteiger partial charge in [0.1, 0.15) is 5.56 Å². The molecule has 0 saturated heterocycles. The van der Waals surface area contributed by atoms with Crippen LogP contribution in [0.3, 0.4) is 0 Å². The van der Waals surface area contributed by atoms with Crippen LogP contribution in [-0.2, 0) is 12.8 Å². The van der Waals surface area contributed by atoms with Gasteiger partial charge in [-0.3, -0.25) is 9.59 Å². The van der Waals surface area contributed by atoms with E-state index >= 15 is 0 Å². The van der Waals surface area contributed by atoms with Crippen LogP contribution in [0.25, 0.3) is 0 Å². The first-order valence-corrected chi connectivity index (χ1v) is 5.44. The fraction of sp³-hybridized carbons (Fsp3) is 0.500. The molecule has 1 heterocycles. The van der Waals surface area contributed by atoms with E-state index in [1.807, 2.05) is 0 Å². The third-order valence-electron chi connectivity index (χ3n) is 3.20. The molecule has 1 aromatic heterocycles. The van der Waals surface area contributed by atoms with E-state index in [9.17, 15) is 9.59 Å². The second-order valence-electron chi connectivity index (χ2n) is 5.22. The summed E-state index contributed by atoms with van der Waals surface area (Å²) in [5.41, 5.74) is 7.07. The van der Waals surface area contributed by atoms with Crippen molar-refractivity contribution in [1.82, 2.24) is 4.98 Å². The maximum absolute atomic E-state index is 11.5. The van der Waals surface area contributed by atoms with Crippen LogP contribution < -0.4 is 11.3 Å². The summed E-state index contributed by atoms with van der Waals surface area (Å²) in [6, 6.07) is 1.65. The topological polar surface area (TPSA) is 75.9 Å². The molecule has 0 saturated carbocycles. The van der Waals surface area contributed by atoms with Gasteiger partial charge >= 0.3 is 0 Å². The highest BCUT2D eigenvalue weighted by Gasteiger charge is 2.26. The summed E-state index contributed by atoms with van der Waals surface area (Å²) < 4.78 is 0. The Morgan fingerprint density at radius 3 is 2.81 bits per heavy atom. The number of hydrogen-bond donors (Lipinski definition) is 2. The van der Waals surface area contributed by atoms with E-state index in [1.165, 1.54) is 0 Å². The standard InChI is InChI=1S/C12H16N2O2/c1-12(2)4-3-9-7(6-12)5-8(10(13)15)11(16)14-9/h5H,3-4,6H2,1-2H3,(H2,13,15)(H,14,16). The molecule has 0 radical (unpaired) electrons. The van der Waals surface area contributed by atoms with Gasteiger partial charge in [0.15, 0.2) is 0 Å². The van der Waals surface area contributed by atoms with Crippen LogP contribution >= 0.6 is 0 Å². The maximum Gasteiger partial charge on any atom is 0.261 e. The largest absolute Gasteiger partial charge is 0.365 e. The first-order chi connectivity index (χ1) is 7.39. The van der Waals surface area contributed by atoms with Gasteiger partial charge in [-0.2, -0.15) is 0 Å². The van der Waals surface area contributed by atoms with E-state index in [1.54, 1.807) is 6.07 Å². The summed E-state index contributed by atoms with van der Waals surface area (Å²) in [4.78, 5) is 25.4. The van der Waals surface area contributed by atoms with E-state index in [0.29, 0.717) is 0 Å². The van der Waals surface area contributed by atoms with Gasteiger partial charge in [0.05, 0.1) is 0 Å². The van der Waals surface area contributed by atoms with Crippen molar-refractivity contribution in [3.63, 3.8) is 0 Å². The number of nitrogens with two attached hydrogens (primary N) is 1. The van der Waals surface area contributed by atoms with Crippen molar-refractivity contribution in [1.29, 1.82) is 0 Å². The lowest BCUT2D eigenvalue weighted by molar-refractivity contribution is 0.0998. The Kier molecular flexibility index (Phi) is 2.37. The molecule has 2 rings (SSSR count). The summed E-state index contributed by atoms with van der Waals surface area (Å²) in [5, 5.41) is 0. The second kappa shape index (κ2) is 3.47. The number of rotatable bonds is 1. The molecule has 1 amide bonds. The molecule has 0 fully saturated rings. The van der Waals surface area contributed by atoms with Crippen LogP contribution in [0.4, 0.5) is 0 Å². The molecule has 4 nitrogen and oxygen atoms in total. The van der Waals surface area contributed by atoms with E-state index < -0.39 is 5.91 Å². The van der Waals surface area contributed by atoms with Crippen molar-refractivity contribution in [3.05, 3.63) is 33.2 Å². The lowest BCUT2D eigenvalue weighted by Crippen LogP contribution is -2.30. The van der Waals surface area contributed by atoms with Gasteiger partial charge in [0, 0.05) is 5.69 Å². The molecular formula is C12H16N2O2. The third kappa shape index (κ3) is 1.87. The van der Waals surface area contributed by atoms with E-state index in [4.69, 9.17) is 5.73 Å². The first-order valence-electron chi connectivity index (χ1n) is 5.44. The van der Waals surface area contributed by atoms with Crippen LogP contribution in [0, 0.1) is 5.41 Å². The Bertz CT molecular complexity index is 500. The molecule has 4 heteroatoms. The number of carbonyl (C=O) groups is 1. The molecule has 0 spiro atoms. The number of amides is 1. The highest BCUT2D eigenvalue weighted by molar-refractivity contribution is 5.92. The number of aromatic amines is 1. The second-order valence-corrected chi connectivity index (χ2v) is 5.22. The number of pyridine rings is 1. The van der Waals surface area contributed by atoms with Gasteiger partial charge in [0.25, 0.3) is 11.5 Å². The summed E-state index contributed by atoms with van der Waals surface area (Å²) in [6.45, 7) is 4.37. The van der Waals surface area contributed by atoms with Crippen molar-refractivity contribution >= 4 is 5.91 Å². The number of H-pyrrole nitrogens is 1. The van der Waals surface area contributed by atoms with Gasteiger partial charge in [0.2, 0.25) is 0 Å². The van der Waals surface area contributed by atoms with Gasteiger partial charge in [-0.25, -0.2) is 0 Å². The highest BCUT2D eigenvalue weighted by Crippen LogP contribution is 2.33. The fourth-order valence-corrected chi connectivity index (χ4v) is 2.24. The Morgan fingerprint density at radius 2 is 2.19 bits per heavy atom. The lowest BCUT2D eigenvalue weighted by Gasteiger charge is -2.30. The number of primary amides is 1. The molecule has 1 aromatic rings. The number of hydrogen-bond acceptors (Lipinski definition) is 2. The molecule has 0 unspecified atom stereocenters. The highest BCUT2D eigenvalue weighted by atomic mass is 16.2. The Morgan fingerprint density at radius 1 is 1.50 bits per heavy atom. The summed E-state index contributed by atoms with van der Waals surface area (Å²) >= 11 is 0. The van der Waals surface area contributed by atoms with Crippen molar-refractivity contribution in [2.45, 2.75) is 33.1 Å². The summed E-state index contributed by atoms with van der Waals surface area (Å²) in [7, 11) is 0. The summed E-state index contributed by atoms with van der Waals surface area (Å²) in [5.74, 6) is -0.660. The lowest BCUT2D eigenvalue weighted by atomic mass is 9.76. The van der Waals surface area contributed by atoms with E-state index in [0.717, 1.165) is 30.5 Å². The van der Waals surface area contributed by atoms with Crippen molar-refractivity contribution in [2.75, 3.05) is 0 Å². The van der Waals surface area contributed by atoms with Gasteiger partial charge in [-0.05, 0) is 36.3 Å². The molecule has 0 atom stereocenters. The van der Waals surface area contributed by atoms with Crippen molar-refractivity contribution < 1.29 is 4.79 Å². The normalized spacial score (nSPS) is 17.9. The molecular weight excluding hydrogens is 204 g/mol. The smallest absolute Gasteiger partial charge is 0.261 e. The Balaban J connectivity index is 2.52. The summed E-state index contributed by atoms with van der Waals surface area (Å²) in [6.07, 6.45) is 2.78. The molecule has 86 valence electrons. The zero-order chi connectivity index (χ0) is 11.9. The number of aromatic nitrogens is 1. The van der Waals surface area contributed by atoms with Crippen LogP contribution in [-0.4, -0.2) is 10.9 Å². The SMILES string of the molecule is CC1(C)CCc2[nH]c(=O)c(C(N)=O)cc2C1. The number of nitrogens with one attached hydrogen (secondary N) is 1. The fourth-order valence-electron chi connectivity index (χ4n) is 2.24. The predicted octanol–water partition coefficient (Wildman–Crippen LogP) is 0.989. The number of carbonyl (C=O) groups excluding carboxylic acids is 1. The molecule has 3 N–H and O–H groups in total. The quantitative estimate of drug-likeness (QED) is 0.740. The molecule has 16 heavy (non-hydrogen) atoms. The van der Waals surface area contributed by atoms with Crippen LogP contribution in [0.1, 0.15) is 41.9 Å². The first kappa shape index (κ1) is 10.9. The number of fused-ring (bicyclic) bond motifs is 1. The Labute approximate surface area is 93.9 Å².